The fourth-order valence-corrected chi connectivity index (χ4v) is 3.57. The molecule has 3 rings (SSSR count). The van der Waals surface area contributed by atoms with Gasteiger partial charge in [0.25, 0.3) is 0 Å². The summed E-state index contributed by atoms with van der Waals surface area (Å²) >= 11 is 3.57. The number of aromatic nitrogens is 2. The minimum atomic E-state index is 0.592. The Balaban J connectivity index is 1.88. The van der Waals surface area contributed by atoms with E-state index in [-0.39, 0.29) is 0 Å². The average Bonchev–Trinajstić information content (AvgIpc) is 2.56. The minimum absolute atomic E-state index is 0.592. The summed E-state index contributed by atoms with van der Waals surface area (Å²) in [4.78, 5) is 11.7. The molecule has 1 aromatic carbocycles. The summed E-state index contributed by atoms with van der Waals surface area (Å²) < 4.78 is 1.03. The normalized spacial score (nSPS) is 18.0. The van der Waals surface area contributed by atoms with E-state index in [4.69, 9.17) is 0 Å². The van der Waals surface area contributed by atoms with Crippen LogP contribution in [0, 0.1) is 6.92 Å². The maximum Gasteiger partial charge on any atom is 0.136 e. The van der Waals surface area contributed by atoms with Gasteiger partial charge in [-0.1, -0.05) is 19.1 Å². The van der Waals surface area contributed by atoms with E-state index >= 15 is 0 Å². The number of para-hydroxylation sites is 1. The van der Waals surface area contributed by atoms with Crippen molar-refractivity contribution in [3.63, 3.8) is 0 Å². The van der Waals surface area contributed by atoms with Gasteiger partial charge in [0.05, 0.1) is 5.69 Å². The second-order valence-electron chi connectivity index (χ2n) is 6.01. The van der Waals surface area contributed by atoms with Gasteiger partial charge >= 0.3 is 0 Å². The van der Waals surface area contributed by atoms with E-state index in [9.17, 15) is 0 Å². The molecule has 1 N–H and O–H groups in total. The molecule has 0 amide bonds. The first kappa shape index (κ1) is 16.2. The van der Waals surface area contributed by atoms with Crippen molar-refractivity contribution in [3.8, 4) is 0 Å². The van der Waals surface area contributed by atoms with E-state index in [1.165, 1.54) is 19.3 Å². The van der Waals surface area contributed by atoms with E-state index in [2.05, 4.69) is 49.1 Å². The quantitative estimate of drug-likeness (QED) is 0.811. The van der Waals surface area contributed by atoms with Gasteiger partial charge in [-0.05, 0) is 60.7 Å². The van der Waals surface area contributed by atoms with Gasteiger partial charge in [0.2, 0.25) is 0 Å². The number of anilines is 3. The van der Waals surface area contributed by atoms with Gasteiger partial charge in [-0.3, -0.25) is 0 Å². The first-order chi connectivity index (χ1) is 11.2. The zero-order valence-corrected chi connectivity index (χ0v) is 15.3. The SMILES string of the molecule is CCC1CCCCN1c1cc(Nc2ccccc2Br)nc(C)n1. The van der Waals surface area contributed by atoms with Crippen LogP contribution in [-0.4, -0.2) is 22.6 Å². The van der Waals surface area contributed by atoms with E-state index in [0.29, 0.717) is 6.04 Å². The Morgan fingerprint density at radius 1 is 1.26 bits per heavy atom. The summed E-state index contributed by atoms with van der Waals surface area (Å²) in [6.07, 6.45) is 4.98. The molecule has 0 radical (unpaired) electrons. The van der Waals surface area contributed by atoms with Gasteiger partial charge in [-0.2, -0.15) is 0 Å². The maximum absolute atomic E-state index is 4.68. The van der Waals surface area contributed by atoms with Crippen molar-refractivity contribution in [2.45, 2.75) is 45.6 Å². The highest BCUT2D eigenvalue weighted by Gasteiger charge is 2.22. The number of aryl methyl sites for hydroxylation is 1. The van der Waals surface area contributed by atoms with Gasteiger partial charge < -0.3 is 10.2 Å². The van der Waals surface area contributed by atoms with Crippen LogP contribution in [-0.2, 0) is 0 Å². The van der Waals surface area contributed by atoms with Crippen LogP contribution in [0.15, 0.2) is 34.8 Å². The molecule has 0 aliphatic carbocycles. The number of hydrogen-bond donors (Lipinski definition) is 1. The molecule has 5 heteroatoms. The van der Waals surface area contributed by atoms with Gasteiger partial charge in [-0.25, -0.2) is 9.97 Å². The lowest BCUT2D eigenvalue weighted by Gasteiger charge is -2.36. The van der Waals surface area contributed by atoms with Gasteiger partial charge in [0.1, 0.15) is 17.5 Å². The van der Waals surface area contributed by atoms with Crippen LogP contribution >= 0.6 is 15.9 Å². The number of rotatable bonds is 4. The third-order valence-electron chi connectivity index (χ3n) is 4.35. The van der Waals surface area contributed by atoms with E-state index in [0.717, 1.165) is 40.6 Å². The van der Waals surface area contributed by atoms with Crippen LogP contribution in [0.4, 0.5) is 17.3 Å². The molecule has 2 aromatic rings. The molecule has 122 valence electrons. The molecule has 1 aliphatic rings. The molecule has 0 spiro atoms. The smallest absolute Gasteiger partial charge is 0.136 e. The second-order valence-corrected chi connectivity index (χ2v) is 6.87. The molecule has 23 heavy (non-hydrogen) atoms. The molecule has 0 bridgehead atoms. The van der Waals surface area contributed by atoms with Crippen molar-refractivity contribution in [3.05, 3.63) is 40.6 Å². The van der Waals surface area contributed by atoms with E-state index in [1.54, 1.807) is 0 Å². The molecular weight excluding hydrogens is 352 g/mol. The Kier molecular flexibility index (Phi) is 5.16. The Bertz CT molecular complexity index is 674. The third-order valence-corrected chi connectivity index (χ3v) is 5.05. The monoisotopic (exact) mass is 374 g/mol. The van der Waals surface area contributed by atoms with Crippen molar-refractivity contribution < 1.29 is 0 Å². The van der Waals surface area contributed by atoms with Gasteiger partial charge in [-0.15, -0.1) is 0 Å². The third kappa shape index (κ3) is 3.83. The molecule has 1 aromatic heterocycles. The first-order valence-electron chi connectivity index (χ1n) is 8.31. The van der Waals surface area contributed by atoms with Crippen LogP contribution in [0.25, 0.3) is 0 Å². The molecule has 1 saturated heterocycles. The zero-order chi connectivity index (χ0) is 16.2. The number of piperidine rings is 1. The van der Waals surface area contributed by atoms with E-state index in [1.807, 2.05) is 31.2 Å². The fraction of sp³-hybridized carbons (Fsp3) is 0.444. The molecule has 2 heterocycles. The number of nitrogens with one attached hydrogen (secondary N) is 1. The highest BCUT2D eigenvalue weighted by molar-refractivity contribution is 9.10. The van der Waals surface area contributed by atoms with Gasteiger partial charge in [0, 0.05) is 23.1 Å². The highest BCUT2D eigenvalue weighted by Crippen LogP contribution is 2.29. The van der Waals surface area contributed by atoms with Crippen LogP contribution in [0.5, 0.6) is 0 Å². The average molecular weight is 375 g/mol. The lowest BCUT2D eigenvalue weighted by molar-refractivity contribution is 0.446. The number of halogens is 1. The summed E-state index contributed by atoms with van der Waals surface area (Å²) in [5.41, 5.74) is 1.02. The second kappa shape index (κ2) is 7.30. The fourth-order valence-electron chi connectivity index (χ4n) is 3.19. The van der Waals surface area contributed by atoms with Crippen molar-refractivity contribution in [2.24, 2.45) is 0 Å². The zero-order valence-electron chi connectivity index (χ0n) is 13.7. The molecule has 1 aliphatic heterocycles. The molecule has 0 saturated carbocycles. The van der Waals surface area contributed by atoms with Crippen molar-refractivity contribution >= 4 is 33.3 Å². The van der Waals surface area contributed by atoms with Gasteiger partial charge in [0.15, 0.2) is 0 Å². The lowest BCUT2D eigenvalue weighted by atomic mass is 10.00. The number of hydrogen-bond acceptors (Lipinski definition) is 4. The van der Waals surface area contributed by atoms with Crippen molar-refractivity contribution in [2.75, 3.05) is 16.8 Å². The molecule has 1 atom stereocenters. The topological polar surface area (TPSA) is 41.0 Å². The maximum atomic E-state index is 4.68. The van der Waals surface area contributed by atoms with Crippen LogP contribution in [0.2, 0.25) is 0 Å². The number of nitrogens with zero attached hydrogens (tertiary/aromatic N) is 3. The first-order valence-corrected chi connectivity index (χ1v) is 9.10. The molecular formula is C18H23BrN4. The lowest BCUT2D eigenvalue weighted by Crippen LogP contribution is -2.39. The standard InChI is InChI=1S/C18H23BrN4/c1-3-14-8-6-7-11-23(14)18-12-17(20-13(2)21-18)22-16-10-5-4-9-15(16)19/h4-5,9-10,12,14H,3,6-8,11H2,1-2H3,(H,20,21,22). The van der Waals surface area contributed by atoms with E-state index < -0.39 is 0 Å². The Hall–Kier alpha value is -1.62. The predicted octanol–water partition coefficient (Wildman–Crippen LogP) is 5.06. The van der Waals surface area contributed by atoms with Crippen LogP contribution in [0.3, 0.4) is 0 Å². The summed E-state index contributed by atoms with van der Waals surface area (Å²) in [5.74, 6) is 2.69. The molecule has 4 nitrogen and oxygen atoms in total. The Labute approximate surface area is 146 Å². The highest BCUT2D eigenvalue weighted by atomic mass is 79.9. The largest absolute Gasteiger partial charge is 0.353 e. The van der Waals surface area contributed by atoms with Crippen LogP contribution < -0.4 is 10.2 Å². The summed E-state index contributed by atoms with van der Waals surface area (Å²) in [6.45, 7) is 5.31. The Morgan fingerprint density at radius 3 is 2.87 bits per heavy atom. The predicted molar refractivity (Wildman–Crippen MR) is 99.5 cm³/mol. The summed E-state index contributed by atoms with van der Waals surface area (Å²) in [5, 5.41) is 3.40. The molecule has 1 fully saturated rings. The minimum Gasteiger partial charge on any atom is -0.353 e. The molecule has 1 unspecified atom stereocenters. The van der Waals surface area contributed by atoms with Crippen molar-refractivity contribution in [1.29, 1.82) is 0 Å². The van der Waals surface area contributed by atoms with Crippen molar-refractivity contribution in [1.82, 2.24) is 9.97 Å². The number of benzene rings is 1. The van der Waals surface area contributed by atoms with Crippen LogP contribution in [0.1, 0.15) is 38.4 Å². The summed E-state index contributed by atoms with van der Waals surface area (Å²) in [7, 11) is 0. The Morgan fingerprint density at radius 2 is 2.09 bits per heavy atom. The summed E-state index contributed by atoms with van der Waals surface area (Å²) in [6, 6.07) is 10.7.